The van der Waals surface area contributed by atoms with E-state index < -0.39 is 0 Å². The SMILES string of the molecule is [CH2-]CCCC.[CH2-]CCCCC.[Cd+2].[Cd+2].[Cl-].[Cl-]. The van der Waals surface area contributed by atoms with E-state index >= 15 is 0 Å². The van der Waals surface area contributed by atoms with Gasteiger partial charge in [-0.25, -0.2) is 0 Å². The molecule has 0 nitrogen and oxygen atoms in total. The van der Waals surface area contributed by atoms with Crippen LogP contribution in [-0.2, 0) is 54.6 Å². The Bertz CT molecular complexity index is 49.9. The van der Waals surface area contributed by atoms with Gasteiger partial charge in [0.2, 0.25) is 0 Å². The minimum atomic E-state index is 0. The van der Waals surface area contributed by atoms with E-state index in [1.54, 1.807) is 0 Å². The van der Waals surface area contributed by atoms with E-state index in [1.165, 1.54) is 32.1 Å². The quantitative estimate of drug-likeness (QED) is 0.269. The Hall–Kier alpha value is 2.42. The van der Waals surface area contributed by atoms with Crippen LogP contribution in [0, 0.1) is 13.8 Å². The number of hydrogen-bond donors (Lipinski definition) is 0. The van der Waals surface area contributed by atoms with Crippen LogP contribution in [-0.4, -0.2) is 0 Å². The summed E-state index contributed by atoms with van der Waals surface area (Å²) in [6.07, 6.45) is 8.73. The molecular weight excluding hydrogens is 428 g/mol. The molecule has 0 unspecified atom stereocenters. The van der Waals surface area contributed by atoms with Gasteiger partial charge in [0, 0.05) is 0 Å². The molecule has 0 aromatic carbocycles. The van der Waals surface area contributed by atoms with Gasteiger partial charge in [0.15, 0.2) is 0 Å². The summed E-state index contributed by atoms with van der Waals surface area (Å²) in [5.74, 6) is 0. The first kappa shape index (κ1) is 36.0. The maximum atomic E-state index is 3.72. The Morgan fingerprint density at radius 3 is 1.07 bits per heavy atom. The first-order chi connectivity index (χ1) is 5.33. The van der Waals surface area contributed by atoms with Gasteiger partial charge in [-0.05, 0) is 0 Å². The van der Waals surface area contributed by atoms with Crippen LogP contribution in [0.5, 0.6) is 0 Å². The molecule has 15 heavy (non-hydrogen) atoms. The number of unbranched alkanes of at least 4 members (excludes halogenated alkanes) is 5. The van der Waals surface area contributed by atoms with Crippen LogP contribution in [0.3, 0.4) is 0 Å². The number of rotatable bonds is 5. The molecular formula is C11H24Cd2Cl2. The molecule has 86 valence electrons. The predicted molar refractivity (Wildman–Crippen MR) is 54.4 cm³/mol. The molecule has 0 heterocycles. The minimum absolute atomic E-state index is 0. The van der Waals surface area contributed by atoms with Gasteiger partial charge in [-0.15, -0.1) is 0 Å². The molecule has 0 bridgehead atoms. The van der Waals surface area contributed by atoms with E-state index in [2.05, 4.69) is 27.7 Å². The summed E-state index contributed by atoms with van der Waals surface area (Å²) in [6.45, 7) is 11.8. The third-order valence-electron chi connectivity index (χ3n) is 1.46. The monoisotopic (exact) mass is 454 g/mol. The van der Waals surface area contributed by atoms with E-state index in [0.29, 0.717) is 0 Å². The summed E-state index contributed by atoms with van der Waals surface area (Å²) in [5.41, 5.74) is 0. The summed E-state index contributed by atoms with van der Waals surface area (Å²) < 4.78 is 0. The predicted octanol–water partition coefficient (Wildman–Crippen LogP) is -1.59. The van der Waals surface area contributed by atoms with Crippen LogP contribution in [0.15, 0.2) is 0 Å². The van der Waals surface area contributed by atoms with E-state index in [4.69, 9.17) is 0 Å². The molecule has 0 aliphatic carbocycles. The molecule has 0 radical (unpaired) electrons. The van der Waals surface area contributed by atoms with Gasteiger partial charge in [0.25, 0.3) is 0 Å². The Morgan fingerprint density at radius 1 is 0.667 bits per heavy atom. The van der Waals surface area contributed by atoms with Crippen molar-refractivity contribution in [3.05, 3.63) is 13.8 Å². The molecule has 0 aromatic rings. The standard InChI is InChI=1S/C6H13.C5H11.2Cd.2ClH/c1-3-5-6-4-2;1-3-5-4-2;;;;/h1,3-6H2,2H3;1,3-5H2,2H3;;;2*1H/q2*-1;2*+2;;/p-2. The first-order valence-electron chi connectivity index (χ1n) is 4.91. The maximum Gasteiger partial charge on any atom is 2.00 e. The molecule has 0 spiro atoms. The molecule has 0 atom stereocenters. The van der Waals surface area contributed by atoms with Crippen molar-refractivity contribution in [3.63, 3.8) is 0 Å². The molecule has 0 saturated heterocycles. The zero-order chi connectivity index (χ0) is 8.95. The fourth-order valence-electron chi connectivity index (χ4n) is 0.677. The molecule has 0 aliphatic rings. The molecule has 0 amide bonds. The van der Waals surface area contributed by atoms with E-state index in [1.807, 2.05) is 0 Å². The zero-order valence-corrected chi connectivity index (χ0v) is 20.1. The van der Waals surface area contributed by atoms with Gasteiger partial charge in [-0.3, -0.25) is 0 Å². The molecule has 0 N–H and O–H groups in total. The van der Waals surface area contributed by atoms with Crippen molar-refractivity contribution >= 4 is 0 Å². The third kappa shape index (κ3) is 62.0. The summed E-state index contributed by atoms with van der Waals surface area (Å²) in [5, 5.41) is 0. The molecule has 0 fully saturated rings. The van der Waals surface area contributed by atoms with Crippen molar-refractivity contribution in [1.82, 2.24) is 0 Å². The van der Waals surface area contributed by atoms with Crippen molar-refractivity contribution in [2.45, 2.75) is 58.8 Å². The van der Waals surface area contributed by atoms with Crippen molar-refractivity contribution < 1.29 is 79.4 Å². The minimum Gasteiger partial charge on any atom is -1.00 e. The molecule has 4 heteroatoms. The van der Waals surface area contributed by atoms with Gasteiger partial charge < -0.3 is 38.7 Å². The first-order valence-corrected chi connectivity index (χ1v) is 4.91. The van der Waals surface area contributed by atoms with Gasteiger partial charge in [-0.2, -0.15) is 12.8 Å². The van der Waals surface area contributed by atoms with Crippen LogP contribution < -0.4 is 24.8 Å². The van der Waals surface area contributed by atoms with Crippen molar-refractivity contribution in [3.8, 4) is 0 Å². The van der Waals surface area contributed by atoms with Gasteiger partial charge in [0.05, 0.1) is 0 Å². The average Bonchev–Trinajstić information content (AvgIpc) is 2.04. The third-order valence-corrected chi connectivity index (χ3v) is 1.46. The Morgan fingerprint density at radius 2 is 1.00 bits per heavy atom. The van der Waals surface area contributed by atoms with Crippen LogP contribution in [0.4, 0.5) is 0 Å². The second kappa shape index (κ2) is 44.0. The Labute approximate surface area is 150 Å². The van der Waals surface area contributed by atoms with Crippen molar-refractivity contribution in [2.75, 3.05) is 0 Å². The summed E-state index contributed by atoms with van der Waals surface area (Å²) in [6, 6.07) is 0. The van der Waals surface area contributed by atoms with Crippen LogP contribution in [0.25, 0.3) is 0 Å². The average molecular weight is 452 g/mol. The van der Waals surface area contributed by atoms with Crippen LogP contribution >= 0.6 is 0 Å². The summed E-state index contributed by atoms with van der Waals surface area (Å²) in [4.78, 5) is 0. The smallest absolute Gasteiger partial charge is 1.00 e. The fraction of sp³-hybridized carbons (Fsp3) is 0.818. The van der Waals surface area contributed by atoms with E-state index in [0.717, 1.165) is 12.8 Å². The summed E-state index contributed by atoms with van der Waals surface area (Å²) >= 11 is 0. The van der Waals surface area contributed by atoms with Gasteiger partial charge in [0.1, 0.15) is 0 Å². The van der Waals surface area contributed by atoms with Gasteiger partial charge >= 0.3 is 54.6 Å². The topological polar surface area (TPSA) is 0 Å². The van der Waals surface area contributed by atoms with E-state index in [9.17, 15) is 0 Å². The second-order valence-corrected chi connectivity index (χ2v) is 2.77. The van der Waals surface area contributed by atoms with Gasteiger partial charge in [-0.1, -0.05) is 46.0 Å². The maximum absolute atomic E-state index is 3.72. The normalized spacial score (nSPS) is 6.40. The zero-order valence-electron chi connectivity index (χ0n) is 10.5. The number of halogens is 2. The Balaban J connectivity index is -0.0000000215. The fourth-order valence-corrected chi connectivity index (χ4v) is 0.677. The summed E-state index contributed by atoms with van der Waals surface area (Å²) in [7, 11) is 0. The Kier molecular flexibility index (Phi) is 106. The second-order valence-electron chi connectivity index (χ2n) is 2.77. The molecule has 0 rings (SSSR count). The molecule has 0 aromatic heterocycles. The molecule has 0 saturated carbocycles. The van der Waals surface area contributed by atoms with Crippen LogP contribution in [0.2, 0.25) is 0 Å². The number of hydrogen-bond acceptors (Lipinski definition) is 0. The van der Waals surface area contributed by atoms with E-state index in [-0.39, 0.29) is 79.4 Å². The van der Waals surface area contributed by atoms with Crippen molar-refractivity contribution in [1.29, 1.82) is 0 Å². The molecule has 0 aliphatic heterocycles. The largest absolute Gasteiger partial charge is 2.00 e. The van der Waals surface area contributed by atoms with Crippen LogP contribution in [0.1, 0.15) is 58.8 Å². The van der Waals surface area contributed by atoms with Crippen molar-refractivity contribution in [2.24, 2.45) is 0 Å².